The fourth-order valence-corrected chi connectivity index (χ4v) is 2.58. The molecule has 104 valence electrons. The Hall–Kier alpha value is -1.07. The molecule has 1 aliphatic carbocycles. The van der Waals surface area contributed by atoms with Gasteiger partial charge in [0.1, 0.15) is 0 Å². The number of hydrogen-bond acceptors (Lipinski definition) is 2. The third-order valence-electron chi connectivity index (χ3n) is 3.43. The molecule has 1 fully saturated rings. The quantitative estimate of drug-likeness (QED) is 0.795. The van der Waals surface area contributed by atoms with Crippen molar-refractivity contribution in [3.63, 3.8) is 0 Å². The number of aliphatic hydroxyl groups is 1. The summed E-state index contributed by atoms with van der Waals surface area (Å²) in [6.45, 7) is 1.16. The first-order valence-corrected chi connectivity index (χ1v) is 7.37. The zero-order valence-electron chi connectivity index (χ0n) is 10.7. The molecule has 19 heavy (non-hydrogen) atoms. The lowest BCUT2D eigenvalue weighted by Gasteiger charge is -2.12. The van der Waals surface area contributed by atoms with Crippen molar-refractivity contribution in [3.8, 4) is 0 Å². The zero-order valence-corrected chi connectivity index (χ0v) is 12.3. The van der Waals surface area contributed by atoms with E-state index in [2.05, 4.69) is 26.6 Å². The number of halogens is 1. The molecule has 1 aromatic carbocycles. The first-order valence-electron chi connectivity index (χ1n) is 6.57. The highest BCUT2D eigenvalue weighted by atomic mass is 79.9. The molecule has 1 aromatic rings. The van der Waals surface area contributed by atoms with Crippen LogP contribution in [0.2, 0.25) is 0 Å². The summed E-state index contributed by atoms with van der Waals surface area (Å²) in [5.74, 6) is 0.411. The van der Waals surface area contributed by atoms with Crippen molar-refractivity contribution in [2.45, 2.75) is 31.9 Å². The van der Waals surface area contributed by atoms with Gasteiger partial charge in [0.2, 0.25) is 0 Å². The zero-order chi connectivity index (χ0) is 13.7. The maximum Gasteiger partial charge on any atom is 0.315 e. The van der Waals surface area contributed by atoms with Gasteiger partial charge in [-0.3, -0.25) is 0 Å². The van der Waals surface area contributed by atoms with Crippen LogP contribution in [0, 0.1) is 5.92 Å². The monoisotopic (exact) mass is 326 g/mol. The molecule has 0 heterocycles. The van der Waals surface area contributed by atoms with Crippen molar-refractivity contribution in [1.29, 1.82) is 0 Å². The van der Waals surface area contributed by atoms with Gasteiger partial charge in [0.25, 0.3) is 0 Å². The van der Waals surface area contributed by atoms with Crippen LogP contribution in [0.15, 0.2) is 28.7 Å². The summed E-state index contributed by atoms with van der Waals surface area (Å²) in [6, 6.07) is 7.70. The number of urea groups is 1. The summed E-state index contributed by atoms with van der Waals surface area (Å²) in [5, 5.41) is 15.1. The van der Waals surface area contributed by atoms with Crippen LogP contribution in [-0.2, 0) is 6.54 Å². The number of rotatable bonds is 4. The molecule has 5 heteroatoms. The molecule has 0 radical (unpaired) electrons. The number of carbonyl (C=O) groups is 1. The van der Waals surface area contributed by atoms with Crippen LogP contribution in [0.5, 0.6) is 0 Å². The van der Waals surface area contributed by atoms with Gasteiger partial charge in [0, 0.05) is 17.6 Å². The van der Waals surface area contributed by atoms with E-state index in [-0.39, 0.29) is 12.1 Å². The highest BCUT2D eigenvalue weighted by Crippen LogP contribution is 2.24. The lowest BCUT2D eigenvalue weighted by Crippen LogP contribution is -2.37. The largest absolute Gasteiger partial charge is 0.393 e. The first-order chi connectivity index (χ1) is 9.13. The highest BCUT2D eigenvalue weighted by molar-refractivity contribution is 9.10. The van der Waals surface area contributed by atoms with E-state index < -0.39 is 0 Å². The Morgan fingerprint density at radius 2 is 2.00 bits per heavy atom. The Kier molecular flexibility index (Phi) is 5.22. The number of aliphatic hydroxyl groups excluding tert-OH is 1. The molecule has 0 aromatic heterocycles. The van der Waals surface area contributed by atoms with Gasteiger partial charge < -0.3 is 15.7 Å². The van der Waals surface area contributed by atoms with Gasteiger partial charge >= 0.3 is 6.03 Å². The number of amides is 2. The van der Waals surface area contributed by atoms with E-state index in [0.29, 0.717) is 19.0 Å². The second-order valence-corrected chi connectivity index (χ2v) is 5.94. The number of nitrogens with one attached hydrogen (secondary N) is 2. The van der Waals surface area contributed by atoms with Crippen LogP contribution in [0.1, 0.15) is 24.8 Å². The molecule has 2 amide bonds. The Bertz CT molecular complexity index is 422. The van der Waals surface area contributed by atoms with E-state index >= 15 is 0 Å². The van der Waals surface area contributed by atoms with Gasteiger partial charge in [0.15, 0.2) is 0 Å². The average molecular weight is 327 g/mol. The SMILES string of the molecule is O=C(NCc1ccc(Br)cc1)NC[C@H]1CC[C@H](O)C1. The molecule has 3 N–H and O–H groups in total. The van der Waals surface area contributed by atoms with Crippen LogP contribution < -0.4 is 10.6 Å². The summed E-state index contributed by atoms with van der Waals surface area (Å²) in [7, 11) is 0. The highest BCUT2D eigenvalue weighted by Gasteiger charge is 2.22. The molecule has 0 saturated heterocycles. The summed E-state index contributed by atoms with van der Waals surface area (Å²) in [4.78, 5) is 11.6. The molecule has 1 aliphatic rings. The maximum atomic E-state index is 11.6. The van der Waals surface area contributed by atoms with Crippen molar-refractivity contribution in [3.05, 3.63) is 34.3 Å². The Morgan fingerprint density at radius 1 is 1.26 bits per heavy atom. The molecular formula is C14H19BrN2O2. The minimum atomic E-state index is -0.183. The van der Waals surface area contributed by atoms with Crippen LogP contribution >= 0.6 is 15.9 Å². The van der Waals surface area contributed by atoms with E-state index in [1.165, 1.54) is 0 Å². The van der Waals surface area contributed by atoms with Gasteiger partial charge in [-0.1, -0.05) is 28.1 Å². The van der Waals surface area contributed by atoms with Crippen molar-refractivity contribution >= 4 is 22.0 Å². The molecule has 0 aliphatic heterocycles. The third-order valence-corrected chi connectivity index (χ3v) is 3.96. The molecule has 1 saturated carbocycles. The molecule has 2 atom stereocenters. The van der Waals surface area contributed by atoms with E-state index in [4.69, 9.17) is 0 Å². The van der Waals surface area contributed by atoms with Crippen LogP contribution in [-0.4, -0.2) is 23.8 Å². The summed E-state index contributed by atoms with van der Waals surface area (Å²) in [5.41, 5.74) is 1.06. The van der Waals surface area contributed by atoms with E-state index in [1.807, 2.05) is 24.3 Å². The first kappa shape index (κ1) is 14.3. The Morgan fingerprint density at radius 3 is 2.63 bits per heavy atom. The van der Waals surface area contributed by atoms with Gasteiger partial charge in [-0.15, -0.1) is 0 Å². The summed E-state index contributed by atoms with van der Waals surface area (Å²) in [6.07, 6.45) is 2.46. The molecule has 0 spiro atoms. The number of carbonyl (C=O) groups excluding carboxylic acids is 1. The summed E-state index contributed by atoms with van der Waals surface area (Å²) < 4.78 is 1.03. The lowest BCUT2D eigenvalue weighted by molar-refractivity contribution is 0.177. The van der Waals surface area contributed by atoms with Gasteiger partial charge in [-0.2, -0.15) is 0 Å². The predicted molar refractivity (Wildman–Crippen MR) is 77.7 cm³/mol. The third kappa shape index (κ3) is 4.84. The normalized spacial score (nSPS) is 22.2. The topological polar surface area (TPSA) is 61.4 Å². The second kappa shape index (κ2) is 6.91. The Labute approximate surface area is 121 Å². The maximum absolute atomic E-state index is 11.6. The summed E-state index contributed by atoms with van der Waals surface area (Å²) >= 11 is 3.37. The fourth-order valence-electron chi connectivity index (χ4n) is 2.32. The fraction of sp³-hybridized carbons (Fsp3) is 0.500. The Balaban J connectivity index is 1.65. The van der Waals surface area contributed by atoms with Crippen molar-refractivity contribution in [2.24, 2.45) is 5.92 Å². The smallest absolute Gasteiger partial charge is 0.315 e. The second-order valence-electron chi connectivity index (χ2n) is 5.02. The van der Waals surface area contributed by atoms with E-state index in [1.54, 1.807) is 0 Å². The van der Waals surface area contributed by atoms with Crippen molar-refractivity contribution in [1.82, 2.24) is 10.6 Å². The van der Waals surface area contributed by atoms with E-state index in [0.717, 1.165) is 29.3 Å². The van der Waals surface area contributed by atoms with Crippen molar-refractivity contribution < 1.29 is 9.90 Å². The minimum absolute atomic E-state index is 0.149. The van der Waals surface area contributed by atoms with Crippen LogP contribution in [0.25, 0.3) is 0 Å². The molecule has 0 bridgehead atoms. The number of benzene rings is 1. The standard InChI is InChI=1S/C14H19BrN2O2/c15-12-4-1-10(2-5-12)8-16-14(19)17-9-11-3-6-13(18)7-11/h1-2,4-5,11,13,18H,3,6-9H2,(H2,16,17,19)/t11-,13-/m0/s1. The minimum Gasteiger partial charge on any atom is -0.393 e. The molecular weight excluding hydrogens is 308 g/mol. The van der Waals surface area contributed by atoms with Gasteiger partial charge in [-0.25, -0.2) is 4.79 Å². The number of hydrogen-bond donors (Lipinski definition) is 3. The van der Waals surface area contributed by atoms with Crippen molar-refractivity contribution in [2.75, 3.05) is 6.54 Å². The van der Waals surface area contributed by atoms with E-state index in [9.17, 15) is 9.90 Å². The lowest BCUT2D eigenvalue weighted by atomic mass is 10.1. The van der Waals surface area contributed by atoms with Gasteiger partial charge in [-0.05, 0) is 42.9 Å². The average Bonchev–Trinajstić information content (AvgIpc) is 2.81. The predicted octanol–water partition coefficient (Wildman–Crippen LogP) is 2.41. The van der Waals surface area contributed by atoms with Crippen LogP contribution in [0.3, 0.4) is 0 Å². The van der Waals surface area contributed by atoms with Crippen LogP contribution in [0.4, 0.5) is 4.79 Å². The van der Waals surface area contributed by atoms with Gasteiger partial charge in [0.05, 0.1) is 6.10 Å². The molecule has 4 nitrogen and oxygen atoms in total. The molecule has 0 unspecified atom stereocenters. The molecule has 2 rings (SSSR count).